The fourth-order valence-electron chi connectivity index (χ4n) is 2.68. The number of nitrogens with zero attached hydrogens (tertiary/aromatic N) is 2. The van der Waals surface area contributed by atoms with Crippen LogP contribution < -0.4 is 19.1 Å². The molecule has 1 N–H and O–H groups in total. The average molecular weight is 478 g/mol. The summed E-state index contributed by atoms with van der Waals surface area (Å²) < 4.78 is 37.1. The monoisotopic (exact) mass is 477 g/mol. The van der Waals surface area contributed by atoms with Crippen molar-refractivity contribution in [1.29, 1.82) is 0 Å². The number of thiophene rings is 1. The highest BCUT2D eigenvalue weighted by molar-refractivity contribution is 7.94. The number of rotatable bonds is 9. The van der Waals surface area contributed by atoms with Gasteiger partial charge < -0.3 is 14.8 Å². The van der Waals surface area contributed by atoms with E-state index in [0.29, 0.717) is 11.4 Å². The molecule has 0 unspecified atom stereocenters. The number of nitro benzene ring substituents is 1. The second kappa shape index (κ2) is 9.66. The van der Waals surface area contributed by atoms with Crippen molar-refractivity contribution < 1.29 is 27.6 Å². The summed E-state index contributed by atoms with van der Waals surface area (Å²) in [5.74, 6) is 0.0605. The maximum absolute atomic E-state index is 12.6. The molecule has 12 heteroatoms. The second-order valence-corrected chi connectivity index (χ2v) is 9.52. The predicted octanol–water partition coefficient (Wildman–Crippen LogP) is 3.51. The van der Waals surface area contributed by atoms with Gasteiger partial charge in [-0.1, -0.05) is 6.07 Å². The van der Waals surface area contributed by atoms with E-state index in [-0.39, 0.29) is 27.9 Å². The Morgan fingerprint density at radius 1 is 1.19 bits per heavy atom. The average Bonchev–Trinajstić information content (AvgIpc) is 3.33. The van der Waals surface area contributed by atoms with Gasteiger partial charge in [0.25, 0.3) is 21.6 Å². The molecule has 0 bridgehead atoms. The van der Waals surface area contributed by atoms with Crippen molar-refractivity contribution in [3.05, 3.63) is 70.1 Å². The first-order valence-corrected chi connectivity index (χ1v) is 11.4. The predicted molar refractivity (Wildman–Crippen MR) is 120 cm³/mol. The molecule has 0 aliphatic rings. The number of nitrogens with one attached hydrogen (secondary N) is 1. The number of nitro groups is 1. The van der Waals surface area contributed by atoms with Gasteiger partial charge in [0.1, 0.15) is 15.7 Å². The van der Waals surface area contributed by atoms with Crippen LogP contribution in [0, 0.1) is 10.1 Å². The van der Waals surface area contributed by atoms with Crippen molar-refractivity contribution in [2.45, 2.75) is 4.21 Å². The molecule has 1 amide bonds. The Bertz CT molecular complexity index is 1210. The number of anilines is 2. The van der Waals surface area contributed by atoms with Crippen LogP contribution in [0.5, 0.6) is 11.5 Å². The lowest BCUT2D eigenvalue weighted by atomic mass is 10.2. The first-order valence-electron chi connectivity index (χ1n) is 9.10. The fourth-order valence-corrected chi connectivity index (χ4v) is 5.04. The largest absolute Gasteiger partial charge is 0.495 e. The maximum atomic E-state index is 12.6. The molecule has 32 heavy (non-hydrogen) atoms. The van der Waals surface area contributed by atoms with E-state index in [4.69, 9.17) is 9.47 Å². The summed E-state index contributed by atoms with van der Waals surface area (Å²) in [5.41, 5.74) is 0.377. The van der Waals surface area contributed by atoms with Crippen molar-refractivity contribution in [1.82, 2.24) is 0 Å². The zero-order valence-corrected chi connectivity index (χ0v) is 18.7. The summed E-state index contributed by atoms with van der Waals surface area (Å²) in [5, 5.41) is 15.1. The number of carbonyl (C=O) groups is 1. The molecule has 10 nitrogen and oxygen atoms in total. The molecular formula is C20H19N3O7S2. The summed E-state index contributed by atoms with van der Waals surface area (Å²) in [7, 11) is -0.822. The van der Waals surface area contributed by atoms with Gasteiger partial charge in [0, 0.05) is 19.2 Å². The lowest BCUT2D eigenvalue weighted by Crippen LogP contribution is -2.25. The van der Waals surface area contributed by atoms with E-state index >= 15 is 0 Å². The van der Waals surface area contributed by atoms with Crippen LogP contribution in [0.1, 0.15) is 0 Å². The zero-order valence-electron chi connectivity index (χ0n) is 17.0. The van der Waals surface area contributed by atoms with Crippen molar-refractivity contribution >= 4 is 44.3 Å². The van der Waals surface area contributed by atoms with E-state index in [1.165, 1.54) is 50.6 Å². The maximum Gasteiger partial charge on any atom is 0.273 e. The topological polar surface area (TPSA) is 128 Å². The number of non-ortho nitro benzene ring substituents is 1. The van der Waals surface area contributed by atoms with Gasteiger partial charge >= 0.3 is 0 Å². The van der Waals surface area contributed by atoms with E-state index in [1.807, 2.05) is 0 Å². The number of hydrogen-bond acceptors (Lipinski definition) is 8. The number of hydrogen-bond donors (Lipinski definition) is 1. The number of ether oxygens (including phenoxy) is 2. The van der Waals surface area contributed by atoms with Crippen LogP contribution in [-0.4, -0.2) is 40.0 Å². The molecule has 168 valence electrons. The van der Waals surface area contributed by atoms with Gasteiger partial charge in [-0.05, 0) is 41.8 Å². The Labute approximate surface area is 188 Å². The minimum absolute atomic E-state index is 0.144. The van der Waals surface area contributed by atoms with E-state index in [2.05, 4.69) is 5.32 Å². The highest BCUT2D eigenvalue weighted by Gasteiger charge is 2.22. The molecule has 2 aromatic carbocycles. The van der Waals surface area contributed by atoms with Crippen LogP contribution in [-0.2, 0) is 14.8 Å². The standard InChI is InChI=1S/C20H19N3O7S2/c1-22(32(27,28)20-4-3-11-31-20)14-5-8-16(9-6-14)30-13-19(24)21-17-12-15(23(25)26)7-10-18(17)29-2/h3-12H,13H2,1-2H3,(H,21,24). The molecule has 0 aliphatic carbocycles. The van der Waals surface area contributed by atoms with Gasteiger partial charge in [-0.3, -0.25) is 19.2 Å². The van der Waals surface area contributed by atoms with E-state index < -0.39 is 20.9 Å². The van der Waals surface area contributed by atoms with Crippen LogP contribution in [0.4, 0.5) is 17.1 Å². The first-order chi connectivity index (χ1) is 15.2. The molecule has 1 heterocycles. The quantitative estimate of drug-likeness (QED) is 0.369. The molecule has 0 atom stereocenters. The number of amides is 1. The van der Waals surface area contributed by atoms with Crippen LogP contribution in [0.15, 0.2) is 64.2 Å². The molecule has 0 saturated heterocycles. The van der Waals surface area contributed by atoms with Gasteiger partial charge in [-0.15, -0.1) is 11.3 Å². The zero-order chi connectivity index (χ0) is 23.3. The number of sulfonamides is 1. The summed E-state index contributed by atoms with van der Waals surface area (Å²) >= 11 is 1.13. The molecule has 0 saturated carbocycles. The van der Waals surface area contributed by atoms with E-state index in [1.54, 1.807) is 23.6 Å². The van der Waals surface area contributed by atoms with Gasteiger partial charge in [0.2, 0.25) is 0 Å². The van der Waals surface area contributed by atoms with E-state index in [0.717, 1.165) is 15.6 Å². The Hall–Kier alpha value is -3.64. The van der Waals surface area contributed by atoms with Crippen LogP contribution in [0.25, 0.3) is 0 Å². The first kappa shape index (κ1) is 23.0. The highest BCUT2D eigenvalue weighted by atomic mass is 32.2. The Balaban J connectivity index is 1.63. The number of carbonyl (C=O) groups excluding carboxylic acids is 1. The smallest absolute Gasteiger partial charge is 0.273 e. The Morgan fingerprint density at radius 3 is 2.50 bits per heavy atom. The van der Waals surface area contributed by atoms with E-state index in [9.17, 15) is 23.3 Å². The molecule has 0 spiro atoms. The minimum atomic E-state index is -3.65. The van der Waals surface area contributed by atoms with Crippen LogP contribution >= 0.6 is 11.3 Å². The molecular weight excluding hydrogens is 458 g/mol. The third-order valence-electron chi connectivity index (χ3n) is 4.35. The normalized spacial score (nSPS) is 10.9. The molecule has 0 radical (unpaired) electrons. The van der Waals surface area contributed by atoms with Crippen molar-refractivity contribution in [2.24, 2.45) is 0 Å². The molecule has 3 rings (SSSR count). The highest BCUT2D eigenvalue weighted by Crippen LogP contribution is 2.29. The van der Waals surface area contributed by atoms with Crippen molar-refractivity contribution in [3.8, 4) is 11.5 Å². The van der Waals surface area contributed by atoms with Gasteiger partial charge in [0.15, 0.2) is 6.61 Å². The summed E-state index contributed by atoms with van der Waals surface area (Å²) in [4.78, 5) is 22.6. The summed E-state index contributed by atoms with van der Waals surface area (Å²) in [6, 6.07) is 13.2. The molecule has 1 aromatic heterocycles. The van der Waals surface area contributed by atoms with Crippen molar-refractivity contribution in [2.75, 3.05) is 30.4 Å². The van der Waals surface area contributed by atoms with Crippen LogP contribution in [0.2, 0.25) is 0 Å². The Morgan fingerprint density at radius 2 is 1.91 bits per heavy atom. The summed E-state index contributed by atoms with van der Waals surface area (Å²) in [6.07, 6.45) is 0. The van der Waals surface area contributed by atoms with Gasteiger partial charge in [-0.2, -0.15) is 0 Å². The lowest BCUT2D eigenvalue weighted by Gasteiger charge is -2.18. The third-order valence-corrected chi connectivity index (χ3v) is 7.51. The van der Waals surface area contributed by atoms with Crippen molar-refractivity contribution in [3.63, 3.8) is 0 Å². The fraction of sp³-hybridized carbons (Fsp3) is 0.150. The minimum Gasteiger partial charge on any atom is -0.495 e. The van der Waals surface area contributed by atoms with Gasteiger partial charge in [-0.25, -0.2) is 8.42 Å². The third kappa shape index (κ3) is 5.15. The summed E-state index contributed by atoms with van der Waals surface area (Å²) in [6.45, 7) is -0.367. The Kier molecular flexibility index (Phi) is 6.95. The number of methoxy groups -OCH3 is 1. The molecule has 0 aliphatic heterocycles. The molecule has 0 fully saturated rings. The second-order valence-electron chi connectivity index (χ2n) is 6.38. The molecule has 3 aromatic rings. The number of benzene rings is 2. The lowest BCUT2D eigenvalue weighted by molar-refractivity contribution is -0.384. The van der Waals surface area contributed by atoms with Gasteiger partial charge in [0.05, 0.1) is 23.4 Å². The van der Waals surface area contributed by atoms with Crippen LogP contribution in [0.3, 0.4) is 0 Å². The SMILES string of the molecule is COc1ccc([N+](=O)[O-])cc1NC(=O)COc1ccc(N(C)S(=O)(=O)c2cccs2)cc1.